The molecule has 3 nitrogen and oxygen atoms in total. The normalized spacial score (nSPS) is 15.2. The second-order valence-corrected chi connectivity index (χ2v) is 4.06. The van der Waals surface area contributed by atoms with Crippen molar-refractivity contribution in [3.05, 3.63) is 29.8 Å². The summed E-state index contributed by atoms with van der Waals surface area (Å²) in [6, 6.07) is 10.5. The number of hydrogen-bond donors (Lipinski definition) is 1. The summed E-state index contributed by atoms with van der Waals surface area (Å²) >= 11 is 0. The van der Waals surface area contributed by atoms with Crippen molar-refractivity contribution in [1.82, 2.24) is 5.32 Å². The smallest absolute Gasteiger partial charge is 0.174 e. The maximum absolute atomic E-state index is 8.49. The van der Waals surface area contributed by atoms with Crippen molar-refractivity contribution in [2.24, 2.45) is 0 Å². The summed E-state index contributed by atoms with van der Waals surface area (Å²) < 4.78 is 5.37. The van der Waals surface area contributed by atoms with Gasteiger partial charge in [0.05, 0.1) is 0 Å². The molecule has 3 heteroatoms. The van der Waals surface area contributed by atoms with Crippen LogP contribution in [0, 0.1) is 11.3 Å². The van der Waals surface area contributed by atoms with Crippen LogP contribution in [0.2, 0.25) is 0 Å². The highest BCUT2D eigenvalue weighted by molar-refractivity contribution is 5.33. The van der Waals surface area contributed by atoms with Gasteiger partial charge >= 0.3 is 0 Å². The topological polar surface area (TPSA) is 45.0 Å². The van der Waals surface area contributed by atoms with Crippen molar-refractivity contribution in [3.63, 3.8) is 0 Å². The third kappa shape index (κ3) is 2.74. The van der Waals surface area contributed by atoms with Crippen LogP contribution in [-0.2, 0) is 6.54 Å². The number of ether oxygens (including phenoxy) is 1. The molecule has 1 saturated carbocycles. The first-order chi connectivity index (χ1) is 7.90. The summed E-state index contributed by atoms with van der Waals surface area (Å²) in [5, 5.41) is 12.0. The minimum Gasteiger partial charge on any atom is -0.478 e. The van der Waals surface area contributed by atoms with Crippen LogP contribution in [0.4, 0.5) is 0 Å². The molecular formula is C13H16N2O. The zero-order chi connectivity index (χ0) is 11.2. The summed E-state index contributed by atoms with van der Waals surface area (Å²) in [5.41, 5.74) is 1.13. The van der Waals surface area contributed by atoms with Crippen LogP contribution in [0.15, 0.2) is 24.3 Å². The lowest BCUT2D eigenvalue weighted by atomic mass is 9.93. The molecule has 0 radical (unpaired) electrons. The Labute approximate surface area is 96.0 Å². The maximum Gasteiger partial charge on any atom is 0.174 e. The third-order valence-electron chi connectivity index (χ3n) is 2.95. The van der Waals surface area contributed by atoms with Gasteiger partial charge in [-0.3, -0.25) is 0 Å². The van der Waals surface area contributed by atoms with Gasteiger partial charge in [-0.15, -0.1) is 0 Å². The minimum absolute atomic E-state index is 0.112. The fourth-order valence-electron chi connectivity index (χ4n) is 1.77. The zero-order valence-corrected chi connectivity index (χ0v) is 9.28. The molecule has 0 aromatic heterocycles. The van der Waals surface area contributed by atoms with Crippen molar-refractivity contribution in [2.45, 2.75) is 31.8 Å². The molecule has 0 bridgehead atoms. The number of rotatable bonds is 5. The first kappa shape index (κ1) is 11.0. The minimum atomic E-state index is 0.112. The van der Waals surface area contributed by atoms with Gasteiger partial charge in [0.1, 0.15) is 11.8 Å². The highest BCUT2D eigenvalue weighted by Crippen LogP contribution is 2.21. The molecule has 1 N–H and O–H groups in total. The van der Waals surface area contributed by atoms with Crippen LogP contribution in [0.1, 0.15) is 24.8 Å². The number of nitrogens with zero attached hydrogens (tertiary/aromatic N) is 1. The van der Waals surface area contributed by atoms with Gasteiger partial charge in [-0.05, 0) is 18.9 Å². The van der Waals surface area contributed by atoms with Gasteiger partial charge in [0.2, 0.25) is 0 Å². The third-order valence-corrected chi connectivity index (χ3v) is 2.95. The predicted molar refractivity (Wildman–Crippen MR) is 62.0 cm³/mol. The Hall–Kier alpha value is -1.53. The Kier molecular flexibility index (Phi) is 3.79. The molecule has 0 aliphatic heterocycles. The van der Waals surface area contributed by atoms with E-state index in [0.29, 0.717) is 6.04 Å². The lowest BCUT2D eigenvalue weighted by Crippen LogP contribution is -2.34. The molecule has 0 unspecified atom stereocenters. The number of nitrogens with one attached hydrogen (secondary N) is 1. The SMILES string of the molecule is N#CCOc1ccccc1CNC1CCC1. The van der Waals surface area contributed by atoms with Crippen LogP contribution in [-0.4, -0.2) is 12.6 Å². The van der Waals surface area contributed by atoms with Gasteiger partial charge in [0.15, 0.2) is 6.61 Å². The number of para-hydroxylation sites is 1. The van der Waals surface area contributed by atoms with Crippen molar-refractivity contribution in [3.8, 4) is 11.8 Å². The van der Waals surface area contributed by atoms with Crippen molar-refractivity contribution < 1.29 is 4.74 Å². The van der Waals surface area contributed by atoms with Gasteiger partial charge in [-0.2, -0.15) is 5.26 Å². The van der Waals surface area contributed by atoms with Crippen molar-refractivity contribution >= 4 is 0 Å². The van der Waals surface area contributed by atoms with Gasteiger partial charge in [0, 0.05) is 18.2 Å². The van der Waals surface area contributed by atoms with Gasteiger partial charge in [0.25, 0.3) is 0 Å². The van der Waals surface area contributed by atoms with E-state index < -0.39 is 0 Å². The molecule has 0 atom stereocenters. The van der Waals surface area contributed by atoms with Gasteiger partial charge in [-0.1, -0.05) is 24.6 Å². The van der Waals surface area contributed by atoms with Crippen molar-refractivity contribution in [1.29, 1.82) is 5.26 Å². The van der Waals surface area contributed by atoms with E-state index in [9.17, 15) is 0 Å². The Morgan fingerprint density at radius 1 is 1.38 bits per heavy atom. The van der Waals surface area contributed by atoms with Crippen LogP contribution in [0.25, 0.3) is 0 Å². The number of benzene rings is 1. The van der Waals surface area contributed by atoms with Crippen LogP contribution >= 0.6 is 0 Å². The highest BCUT2D eigenvalue weighted by Gasteiger charge is 2.16. The lowest BCUT2D eigenvalue weighted by Gasteiger charge is -2.26. The average Bonchev–Trinajstić information content (AvgIpc) is 2.26. The van der Waals surface area contributed by atoms with Crippen LogP contribution in [0.3, 0.4) is 0 Å². The monoisotopic (exact) mass is 216 g/mol. The molecule has 0 spiro atoms. The standard InChI is InChI=1S/C13H16N2O/c14-8-9-16-13-7-2-1-4-11(13)10-15-12-5-3-6-12/h1-2,4,7,12,15H,3,5-6,9-10H2. The zero-order valence-electron chi connectivity index (χ0n) is 9.28. The van der Waals surface area contributed by atoms with E-state index in [-0.39, 0.29) is 6.61 Å². The molecule has 1 aliphatic rings. The van der Waals surface area contributed by atoms with Gasteiger partial charge in [-0.25, -0.2) is 0 Å². The summed E-state index contributed by atoms with van der Waals surface area (Å²) in [6.07, 6.45) is 3.90. The first-order valence-electron chi connectivity index (χ1n) is 5.71. The molecule has 1 fully saturated rings. The second kappa shape index (κ2) is 5.53. The summed E-state index contributed by atoms with van der Waals surface area (Å²) in [4.78, 5) is 0. The number of hydrogen-bond acceptors (Lipinski definition) is 3. The average molecular weight is 216 g/mol. The van der Waals surface area contributed by atoms with Crippen LogP contribution in [0.5, 0.6) is 5.75 Å². The molecule has 0 saturated heterocycles. The highest BCUT2D eigenvalue weighted by atomic mass is 16.5. The second-order valence-electron chi connectivity index (χ2n) is 4.06. The molecule has 16 heavy (non-hydrogen) atoms. The molecule has 2 rings (SSSR count). The maximum atomic E-state index is 8.49. The largest absolute Gasteiger partial charge is 0.478 e. The summed E-state index contributed by atoms with van der Waals surface area (Å²) in [5.74, 6) is 0.816. The molecule has 1 aliphatic carbocycles. The number of nitriles is 1. The van der Waals surface area contributed by atoms with E-state index in [1.807, 2.05) is 30.3 Å². The Balaban J connectivity index is 1.92. The fraction of sp³-hybridized carbons (Fsp3) is 0.462. The van der Waals surface area contributed by atoms with Crippen LogP contribution < -0.4 is 10.1 Å². The van der Waals surface area contributed by atoms with E-state index in [0.717, 1.165) is 17.9 Å². The summed E-state index contributed by atoms with van der Waals surface area (Å²) in [7, 11) is 0. The molecule has 0 amide bonds. The molecule has 1 aromatic carbocycles. The van der Waals surface area contributed by atoms with E-state index in [1.54, 1.807) is 0 Å². The Bertz CT molecular complexity index is 380. The fourth-order valence-corrected chi connectivity index (χ4v) is 1.77. The van der Waals surface area contributed by atoms with E-state index >= 15 is 0 Å². The first-order valence-corrected chi connectivity index (χ1v) is 5.71. The van der Waals surface area contributed by atoms with Crippen molar-refractivity contribution in [2.75, 3.05) is 6.61 Å². The van der Waals surface area contributed by atoms with Gasteiger partial charge < -0.3 is 10.1 Å². The quantitative estimate of drug-likeness (QED) is 0.821. The molecule has 84 valence electrons. The Morgan fingerprint density at radius 3 is 2.88 bits per heavy atom. The molecule has 0 heterocycles. The molecular weight excluding hydrogens is 200 g/mol. The Morgan fingerprint density at radius 2 is 2.19 bits per heavy atom. The summed E-state index contributed by atoms with van der Waals surface area (Å²) in [6.45, 7) is 0.937. The van der Waals surface area contributed by atoms with E-state index in [1.165, 1.54) is 19.3 Å². The van der Waals surface area contributed by atoms with E-state index in [2.05, 4.69) is 5.32 Å². The predicted octanol–water partition coefficient (Wildman–Crippen LogP) is 2.23. The van der Waals surface area contributed by atoms with E-state index in [4.69, 9.17) is 10.00 Å². The lowest BCUT2D eigenvalue weighted by molar-refractivity contribution is 0.329. The molecule has 1 aromatic rings.